The van der Waals surface area contributed by atoms with Gasteiger partial charge in [-0.25, -0.2) is 0 Å². The summed E-state index contributed by atoms with van der Waals surface area (Å²) in [5.74, 6) is 0.00891. The molecule has 0 aliphatic carbocycles. The topological polar surface area (TPSA) is 35.6 Å². The summed E-state index contributed by atoms with van der Waals surface area (Å²) in [6.07, 6.45) is 0. The first-order valence-electron chi connectivity index (χ1n) is 8.65. The highest BCUT2D eigenvalue weighted by molar-refractivity contribution is 6.30. The van der Waals surface area contributed by atoms with E-state index in [1.165, 1.54) is 11.1 Å². The van der Waals surface area contributed by atoms with Crippen molar-refractivity contribution in [1.29, 1.82) is 0 Å². The highest BCUT2D eigenvalue weighted by atomic mass is 35.5. The zero-order valence-electron chi connectivity index (χ0n) is 14.5. The molecule has 1 heterocycles. The molecule has 1 fully saturated rings. The number of halogens is 1. The lowest BCUT2D eigenvalue weighted by molar-refractivity contribution is -0.117. The van der Waals surface area contributed by atoms with Gasteiger partial charge in [-0.05, 0) is 36.2 Å². The summed E-state index contributed by atoms with van der Waals surface area (Å²) >= 11 is 5.95. The first kappa shape index (κ1) is 17.9. The number of benzene rings is 2. The van der Waals surface area contributed by atoms with Crippen LogP contribution in [0.5, 0.6) is 0 Å². The first-order chi connectivity index (χ1) is 12.1. The summed E-state index contributed by atoms with van der Waals surface area (Å²) in [5.41, 5.74) is 3.47. The van der Waals surface area contributed by atoms with Crippen LogP contribution in [-0.2, 0) is 11.3 Å². The quantitative estimate of drug-likeness (QED) is 0.890. The minimum Gasteiger partial charge on any atom is -0.325 e. The SMILES string of the molecule is Cc1ccccc1CN1CCN(CC(=O)Nc2cccc(Cl)c2)CC1. The van der Waals surface area contributed by atoms with Gasteiger partial charge >= 0.3 is 0 Å². The Bertz CT molecular complexity index is 726. The lowest BCUT2D eigenvalue weighted by Gasteiger charge is -2.34. The number of rotatable bonds is 5. The summed E-state index contributed by atoms with van der Waals surface area (Å²) in [7, 11) is 0. The Morgan fingerprint density at radius 1 is 1.04 bits per heavy atom. The second-order valence-corrected chi connectivity index (χ2v) is 6.97. The molecule has 5 heteroatoms. The van der Waals surface area contributed by atoms with E-state index in [4.69, 9.17) is 11.6 Å². The van der Waals surface area contributed by atoms with Gasteiger partial charge in [0.05, 0.1) is 6.54 Å². The highest BCUT2D eigenvalue weighted by Gasteiger charge is 2.19. The molecule has 1 amide bonds. The number of hydrogen-bond acceptors (Lipinski definition) is 3. The normalized spacial score (nSPS) is 15.9. The van der Waals surface area contributed by atoms with E-state index in [1.807, 2.05) is 12.1 Å². The van der Waals surface area contributed by atoms with Crippen LogP contribution in [0.15, 0.2) is 48.5 Å². The molecule has 0 spiro atoms. The number of piperazine rings is 1. The van der Waals surface area contributed by atoms with Gasteiger partial charge in [-0.2, -0.15) is 0 Å². The van der Waals surface area contributed by atoms with Crippen LogP contribution in [0.4, 0.5) is 5.69 Å². The Kier molecular flexibility index (Phi) is 6.08. The van der Waals surface area contributed by atoms with Crippen molar-refractivity contribution in [2.45, 2.75) is 13.5 Å². The van der Waals surface area contributed by atoms with Crippen molar-refractivity contribution in [2.24, 2.45) is 0 Å². The van der Waals surface area contributed by atoms with Gasteiger partial charge in [0.1, 0.15) is 0 Å². The third-order valence-electron chi connectivity index (χ3n) is 4.60. The van der Waals surface area contributed by atoms with E-state index in [2.05, 4.69) is 46.3 Å². The number of anilines is 1. The Labute approximate surface area is 154 Å². The van der Waals surface area contributed by atoms with E-state index < -0.39 is 0 Å². The molecule has 1 saturated heterocycles. The molecule has 1 aliphatic heterocycles. The molecule has 132 valence electrons. The van der Waals surface area contributed by atoms with Crippen molar-refractivity contribution in [2.75, 3.05) is 38.0 Å². The predicted molar refractivity (Wildman–Crippen MR) is 103 cm³/mol. The molecule has 1 N–H and O–H groups in total. The number of amides is 1. The molecule has 0 saturated carbocycles. The Morgan fingerprint density at radius 3 is 2.48 bits per heavy atom. The van der Waals surface area contributed by atoms with E-state index in [1.54, 1.807) is 12.1 Å². The largest absolute Gasteiger partial charge is 0.325 e. The van der Waals surface area contributed by atoms with Crippen LogP contribution in [-0.4, -0.2) is 48.4 Å². The number of carbonyl (C=O) groups is 1. The van der Waals surface area contributed by atoms with Gasteiger partial charge < -0.3 is 5.32 Å². The molecule has 0 atom stereocenters. The minimum atomic E-state index is 0.00891. The number of hydrogen-bond donors (Lipinski definition) is 1. The van der Waals surface area contributed by atoms with E-state index in [0.717, 1.165) is 38.4 Å². The van der Waals surface area contributed by atoms with Crippen molar-refractivity contribution in [3.63, 3.8) is 0 Å². The van der Waals surface area contributed by atoms with Crippen molar-refractivity contribution in [3.05, 3.63) is 64.7 Å². The number of aryl methyl sites for hydroxylation is 1. The molecule has 1 aliphatic rings. The Morgan fingerprint density at radius 2 is 1.76 bits per heavy atom. The zero-order chi connectivity index (χ0) is 17.6. The van der Waals surface area contributed by atoms with E-state index >= 15 is 0 Å². The Balaban J connectivity index is 1.44. The van der Waals surface area contributed by atoms with Crippen LogP contribution in [0.1, 0.15) is 11.1 Å². The molecule has 25 heavy (non-hydrogen) atoms. The van der Waals surface area contributed by atoms with E-state index in [9.17, 15) is 4.79 Å². The van der Waals surface area contributed by atoms with Gasteiger partial charge in [0.15, 0.2) is 0 Å². The fourth-order valence-corrected chi connectivity index (χ4v) is 3.29. The second kappa shape index (κ2) is 8.48. The van der Waals surface area contributed by atoms with Crippen LogP contribution < -0.4 is 5.32 Å². The maximum Gasteiger partial charge on any atom is 0.238 e. The smallest absolute Gasteiger partial charge is 0.238 e. The highest BCUT2D eigenvalue weighted by Crippen LogP contribution is 2.15. The van der Waals surface area contributed by atoms with Gasteiger partial charge in [-0.3, -0.25) is 14.6 Å². The average Bonchev–Trinajstić information content (AvgIpc) is 2.58. The fraction of sp³-hybridized carbons (Fsp3) is 0.350. The molecule has 0 unspecified atom stereocenters. The van der Waals surface area contributed by atoms with Crippen molar-refractivity contribution >= 4 is 23.2 Å². The molecule has 0 radical (unpaired) electrons. The van der Waals surface area contributed by atoms with Crippen LogP contribution in [0.25, 0.3) is 0 Å². The minimum absolute atomic E-state index is 0.00891. The van der Waals surface area contributed by atoms with Crippen molar-refractivity contribution in [3.8, 4) is 0 Å². The first-order valence-corrected chi connectivity index (χ1v) is 9.02. The molecular formula is C20H24ClN3O. The third kappa shape index (κ3) is 5.30. The number of nitrogens with zero attached hydrogens (tertiary/aromatic N) is 2. The van der Waals surface area contributed by atoms with Crippen LogP contribution >= 0.6 is 11.6 Å². The fourth-order valence-electron chi connectivity index (χ4n) is 3.10. The van der Waals surface area contributed by atoms with Gasteiger partial charge in [0.25, 0.3) is 0 Å². The summed E-state index contributed by atoms with van der Waals surface area (Å²) in [6, 6.07) is 15.8. The van der Waals surface area contributed by atoms with Crippen molar-refractivity contribution in [1.82, 2.24) is 9.80 Å². The summed E-state index contributed by atoms with van der Waals surface area (Å²) in [5, 5.41) is 3.54. The predicted octanol–water partition coefficient (Wildman–Crippen LogP) is 3.40. The average molecular weight is 358 g/mol. The summed E-state index contributed by atoms with van der Waals surface area (Å²) in [4.78, 5) is 16.9. The zero-order valence-corrected chi connectivity index (χ0v) is 15.3. The monoisotopic (exact) mass is 357 g/mol. The lowest BCUT2D eigenvalue weighted by Crippen LogP contribution is -2.48. The van der Waals surface area contributed by atoms with E-state index in [0.29, 0.717) is 11.6 Å². The standard InChI is InChI=1S/C20H24ClN3O/c1-16-5-2-3-6-17(16)14-23-9-11-24(12-10-23)15-20(25)22-19-8-4-7-18(21)13-19/h2-8,13H,9-12,14-15H2,1H3,(H,22,25). The van der Waals surface area contributed by atoms with Crippen LogP contribution in [0.3, 0.4) is 0 Å². The van der Waals surface area contributed by atoms with Gasteiger partial charge in [-0.15, -0.1) is 0 Å². The number of nitrogens with one attached hydrogen (secondary N) is 1. The van der Waals surface area contributed by atoms with Gasteiger partial charge in [0.2, 0.25) is 5.91 Å². The van der Waals surface area contributed by atoms with Crippen LogP contribution in [0, 0.1) is 6.92 Å². The molecular weight excluding hydrogens is 334 g/mol. The van der Waals surface area contributed by atoms with Crippen molar-refractivity contribution < 1.29 is 4.79 Å². The maximum atomic E-state index is 12.2. The van der Waals surface area contributed by atoms with Gasteiger partial charge in [0, 0.05) is 43.4 Å². The van der Waals surface area contributed by atoms with Gasteiger partial charge in [-0.1, -0.05) is 41.9 Å². The van der Waals surface area contributed by atoms with E-state index in [-0.39, 0.29) is 5.91 Å². The molecule has 3 rings (SSSR count). The van der Waals surface area contributed by atoms with Crippen LogP contribution in [0.2, 0.25) is 5.02 Å². The second-order valence-electron chi connectivity index (χ2n) is 6.54. The molecule has 0 aromatic heterocycles. The number of carbonyl (C=O) groups excluding carboxylic acids is 1. The molecule has 0 bridgehead atoms. The Hall–Kier alpha value is -1.88. The molecule has 4 nitrogen and oxygen atoms in total. The summed E-state index contributed by atoms with van der Waals surface area (Å²) in [6.45, 7) is 7.35. The lowest BCUT2D eigenvalue weighted by atomic mass is 10.1. The summed E-state index contributed by atoms with van der Waals surface area (Å²) < 4.78 is 0. The third-order valence-corrected chi connectivity index (χ3v) is 4.83. The molecule has 2 aromatic carbocycles. The maximum absolute atomic E-state index is 12.2. The molecule has 2 aromatic rings.